The van der Waals surface area contributed by atoms with E-state index in [2.05, 4.69) is 39.5 Å². The molecule has 1 N–H and O–H groups in total. The molecule has 22 heavy (non-hydrogen) atoms. The van der Waals surface area contributed by atoms with Crippen LogP contribution in [0.3, 0.4) is 0 Å². The summed E-state index contributed by atoms with van der Waals surface area (Å²) >= 11 is 0. The average Bonchev–Trinajstić information content (AvgIpc) is 3.07. The lowest BCUT2D eigenvalue weighted by molar-refractivity contribution is 0.176. The third-order valence-electron chi connectivity index (χ3n) is 5.40. The van der Waals surface area contributed by atoms with Gasteiger partial charge >= 0.3 is 0 Å². The second-order valence-corrected chi connectivity index (χ2v) is 7.53. The van der Waals surface area contributed by atoms with E-state index < -0.39 is 0 Å². The molecule has 124 valence electrons. The van der Waals surface area contributed by atoms with E-state index in [9.17, 15) is 5.11 Å². The summed E-state index contributed by atoms with van der Waals surface area (Å²) in [6, 6.07) is 0. The summed E-state index contributed by atoms with van der Waals surface area (Å²) < 4.78 is 5.99. The molecule has 1 heterocycles. The van der Waals surface area contributed by atoms with Gasteiger partial charge in [-0.05, 0) is 77.7 Å². The van der Waals surface area contributed by atoms with Crippen molar-refractivity contribution >= 4 is 0 Å². The summed E-state index contributed by atoms with van der Waals surface area (Å²) in [6.45, 7) is 12.7. The van der Waals surface area contributed by atoms with E-state index in [-0.39, 0.29) is 11.7 Å². The van der Waals surface area contributed by atoms with E-state index in [0.717, 1.165) is 49.7 Å². The van der Waals surface area contributed by atoms with Crippen molar-refractivity contribution in [1.29, 1.82) is 0 Å². The van der Waals surface area contributed by atoms with Crippen LogP contribution in [0.2, 0.25) is 0 Å². The molecule has 1 saturated heterocycles. The third kappa shape index (κ3) is 4.57. The minimum atomic E-state index is -0.362. The fourth-order valence-electron chi connectivity index (χ4n) is 3.39. The average molecular weight is 304 g/mol. The Labute approximate surface area is 136 Å². The molecule has 0 radical (unpaired) electrons. The highest BCUT2D eigenvalue weighted by Crippen LogP contribution is 2.45. The molecular formula is C20H32O2. The van der Waals surface area contributed by atoms with Gasteiger partial charge in [0.05, 0.1) is 17.8 Å². The largest absolute Gasteiger partial charge is 0.389 e. The lowest BCUT2D eigenvalue weighted by Crippen LogP contribution is -2.19. The van der Waals surface area contributed by atoms with Gasteiger partial charge in [0.25, 0.3) is 0 Å². The second kappa shape index (κ2) is 7.14. The molecule has 2 aliphatic rings. The number of allylic oxidation sites excluding steroid dienone is 4. The van der Waals surface area contributed by atoms with Crippen LogP contribution < -0.4 is 0 Å². The molecule has 0 aromatic carbocycles. The summed E-state index contributed by atoms with van der Waals surface area (Å²) in [6.07, 6.45) is 10.5. The van der Waals surface area contributed by atoms with Crippen LogP contribution in [0.25, 0.3) is 0 Å². The molecule has 1 aliphatic carbocycles. The number of fused-ring (bicyclic) bond motifs is 1. The van der Waals surface area contributed by atoms with Crippen molar-refractivity contribution < 1.29 is 9.84 Å². The first-order valence-corrected chi connectivity index (χ1v) is 8.65. The van der Waals surface area contributed by atoms with Crippen molar-refractivity contribution in [1.82, 2.24) is 0 Å². The van der Waals surface area contributed by atoms with Gasteiger partial charge in [0.15, 0.2) is 0 Å². The zero-order chi connectivity index (χ0) is 16.3. The summed E-state index contributed by atoms with van der Waals surface area (Å²) in [5.74, 6) is 0.338. The lowest BCUT2D eigenvalue weighted by atomic mass is 9.85. The normalized spacial score (nSPS) is 37.4. The van der Waals surface area contributed by atoms with Gasteiger partial charge in [-0.25, -0.2) is 0 Å². The van der Waals surface area contributed by atoms with Crippen LogP contribution >= 0.6 is 0 Å². The van der Waals surface area contributed by atoms with Crippen LogP contribution in [0.1, 0.15) is 66.2 Å². The Kier molecular flexibility index (Phi) is 5.68. The van der Waals surface area contributed by atoms with Crippen molar-refractivity contribution in [3.8, 4) is 0 Å². The third-order valence-corrected chi connectivity index (χ3v) is 5.40. The van der Waals surface area contributed by atoms with E-state index in [1.807, 2.05) is 6.92 Å². The fraction of sp³-hybridized carbons (Fsp3) is 0.700. The smallest absolute Gasteiger partial charge is 0.0923 e. The van der Waals surface area contributed by atoms with E-state index in [0.29, 0.717) is 12.0 Å². The number of hydrogen-bond donors (Lipinski definition) is 1. The number of rotatable bonds is 1. The van der Waals surface area contributed by atoms with Crippen molar-refractivity contribution in [2.45, 2.75) is 84.0 Å². The first-order chi connectivity index (χ1) is 10.3. The molecule has 0 bridgehead atoms. The van der Waals surface area contributed by atoms with Gasteiger partial charge in [-0.1, -0.05) is 29.9 Å². The topological polar surface area (TPSA) is 32.8 Å². The van der Waals surface area contributed by atoms with Gasteiger partial charge in [-0.2, -0.15) is 0 Å². The van der Waals surface area contributed by atoms with Crippen molar-refractivity contribution in [3.05, 3.63) is 35.5 Å². The Hall–Kier alpha value is -0.860. The molecular weight excluding hydrogens is 272 g/mol. The number of epoxide rings is 1. The quantitative estimate of drug-likeness (QED) is 0.549. The minimum Gasteiger partial charge on any atom is -0.389 e. The highest BCUT2D eigenvalue weighted by atomic mass is 16.6. The molecule has 0 saturated carbocycles. The Balaban J connectivity index is 2.12. The van der Waals surface area contributed by atoms with Gasteiger partial charge < -0.3 is 9.84 Å². The molecule has 2 heteroatoms. The zero-order valence-corrected chi connectivity index (χ0v) is 14.7. The predicted molar refractivity (Wildman–Crippen MR) is 92.8 cm³/mol. The zero-order valence-electron chi connectivity index (χ0n) is 14.7. The first-order valence-electron chi connectivity index (χ1n) is 8.65. The second-order valence-electron chi connectivity index (χ2n) is 7.53. The summed E-state index contributed by atoms with van der Waals surface area (Å²) in [5, 5.41) is 10.5. The first kappa shape index (κ1) is 17.5. The van der Waals surface area contributed by atoms with Crippen LogP contribution in [0.15, 0.2) is 35.5 Å². The highest BCUT2D eigenvalue weighted by molar-refractivity contribution is 5.12. The SMILES string of the molecule is C=C(C)C1CC(O)C(C)=CCCC(C)=CCCC2(C)OC2C1. The van der Waals surface area contributed by atoms with Crippen LogP contribution in [0, 0.1) is 5.92 Å². The molecule has 1 aliphatic heterocycles. The van der Waals surface area contributed by atoms with Gasteiger partial charge in [0.1, 0.15) is 0 Å². The maximum Gasteiger partial charge on any atom is 0.0923 e. The number of ether oxygens (including phenoxy) is 1. The molecule has 4 unspecified atom stereocenters. The minimum absolute atomic E-state index is 0.0322. The van der Waals surface area contributed by atoms with Crippen LogP contribution in [0.5, 0.6) is 0 Å². The molecule has 2 rings (SSSR count). The Morgan fingerprint density at radius 1 is 1.27 bits per heavy atom. The Morgan fingerprint density at radius 2 is 2.00 bits per heavy atom. The van der Waals surface area contributed by atoms with E-state index >= 15 is 0 Å². The summed E-state index contributed by atoms with van der Waals surface area (Å²) in [5.41, 5.74) is 3.73. The van der Waals surface area contributed by atoms with Gasteiger partial charge in [-0.15, -0.1) is 0 Å². The number of aliphatic hydroxyl groups excluding tert-OH is 1. The van der Waals surface area contributed by atoms with Gasteiger partial charge in [-0.3, -0.25) is 0 Å². The molecule has 1 fully saturated rings. The number of hydrogen-bond acceptors (Lipinski definition) is 2. The molecule has 0 amide bonds. The van der Waals surface area contributed by atoms with Gasteiger partial charge in [0.2, 0.25) is 0 Å². The molecule has 4 atom stereocenters. The van der Waals surface area contributed by atoms with Crippen molar-refractivity contribution in [2.24, 2.45) is 5.92 Å². The van der Waals surface area contributed by atoms with Crippen LogP contribution in [0.4, 0.5) is 0 Å². The summed E-state index contributed by atoms with van der Waals surface area (Å²) in [7, 11) is 0. The molecule has 0 aromatic rings. The van der Waals surface area contributed by atoms with E-state index in [4.69, 9.17) is 4.74 Å². The molecule has 0 spiro atoms. The lowest BCUT2D eigenvalue weighted by Gasteiger charge is -2.21. The molecule has 0 aromatic heterocycles. The van der Waals surface area contributed by atoms with Crippen molar-refractivity contribution in [2.75, 3.05) is 0 Å². The van der Waals surface area contributed by atoms with Crippen LogP contribution in [-0.2, 0) is 4.74 Å². The maximum absolute atomic E-state index is 10.5. The monoisotopic (exact) mass is 304 g/mol. The maximum atomic E-state index is 10.5. The van der Waals surface area contributed by atoms with Crippen LogP contribution in [-0.4, -0.2) is 22.9 Å². The Morgan fingerprint density at radius 3 is 2.68 bits per heavy atom. The van der Waals surface area contributed by atoms with E-state index in [1.54, 1.807) is 0 Å². The fourth-order valence-corrected chi connectivity index (χ4v) is 3.39. The standard InChI is InChI=1S/C20H32O2/c1-14(2)17-12-18(21)16(4)10-6-8-15(3)9-7-11-20(5)19(13-17)22-20/h9-10,17-19,21H,1,6-8,11-13H2,2-5H3. The van der Waals surface area contributed by atoms with Gasteiger partial charge in [0, 0.05) is 0 Å². The Bertz CT molecular complexity index is 474. The predicted octanol–water partition coefficient (Wildman–Crippen LogP) is 4.94. The van der Waals surface area contributed by atoms with E-state index in [1.165, 1.54) is 5.57 Å². The highest BCUT2D eigenvalue weighted by Gasteiger charge is 2.51. The summed E-state index contributed by atoms with van der Waals surface area (Å²) in [4.78, 5) is 0. The van der Waals surface area contributed by atoms with Crippen molar-refractivity contribution in [3.63, 3.8) is 0 Å². The molecule has 2 nitrogen and oxygen atoms in total. The number of aliphatic hydroxyl groups is 1.